The number of pyridine rings is 1. The number of aromatic nitrogens is 3. The number of hydrogen-bond acceptors (Lipinski definition) is 6. The molecule has 0 radical (unpaired) electrons. The molecule has 3 aromatic rings. The van der Waals surface area contributed by atoms with Gasteiger partial charge in [0.25, 0.3) is 0 Å². The maximum Gasteiger partial charge on any atom is 0.158 e. The van der Waals surface area contributed by atoms with E-state index in [1.807, 2.05) is 44.2 Å². The summed E-state index contributed by atoms with van der Waals surface area (Å²) >= 11 is 3.48. The minimum atomic E-state index is -0.387. The van der Waals surface area contributed by atoms with Crippen LogP contribution in [0.1, 0.15) is 34.8 Å². The van der Waals surface area contributed by atoms with Gasteiger partial charge in [-0.3, -0.25) is 9.78 Å². The molecule has 0 aliphatic heterocycles. The van der Waals surface area contributed by atoms with Crippen LogP contribution >= 0.6 is 15.9 Å². The average molecular weight is 477 g/mol. The highest BCUT2D eigenvalue weighted by molar-refractivity contribution is 9.10. The van der Waals surface area contributed by atoms with Crippen LogP contribution in [0.2, 0.25) is 0 Å². The van der Waals surface area contributed by atoms with E-state index >= 15 is 0 Å². The molecule has 7 heteroatoms. The lowest BCUT2D eigenvalue weighted by Crippen LogP contribution is -2.24. The fourth-order valence-corrected chi connectivity index (χ4v) is 4.15. The van der Waals surface area contributed by atoms with Crippen LogP contribution in [0.3, 0.4) is 0 Å². The summed E-state index contributed by atoms with van der Waals surface area (Å²) in [6.45, 7) is 4.11. The number of halogens is 1. The van der Waals surface area contributed by atoms with Gasteiger partial charge >= 0.3 is 0 Å². The Morgan fingerprint density at radius 1 is 1.19 bits per heavy atom. The summed E-state index contributed by atoms with van der Waals surface area (Å²) in [5.41, 5.74) is 2.62. The maximum absolute atomic E-state index is 13.1. The molecule has 2 heterocycles. The lowest BCUT2D eigenvalue weighted by atomic mass is 9.91. The number of aryl methyl sites for hydroxylation is 2. The predicted octanol–water partition coefficient (Wildman–Crippen LogP) is 4.27. The molecule has 0 bridgehead atoms. The zero-order valence-corrected chi connectivity index (χ0v) is 18.9. The number of nitrogens with zero attached hydrogens (tertiary/aromatic N) is 4. The van der Waals surface area contributed by atoms with Gasteiger partial charge in [0.1, 0.15) is 17.7 Å². The first-order valence-corrected chi connectivity index (χ1v) is 10.8. The van der Waals surface area contributed by atoms with E-state index in [0.29, 0.717) is 29.4 Å². The van der Waals surface area contributed by atoms with Crippen LogP contribution in [-0.2, 0) is 16.6 Å². The predicted molar refractivity (Wildman–Crippen MR) is 119 cm³/mol. The monoisotopic (exact) mass is 476 g/mol. The standard InChI is InChI=1S/C24H21BrN4O2/c1-15-23(13-27-16(2)29-15)31-14-24(18-4-6-19(25)7-5-18)10-21(24)22(30)9-20-8-3-17(11-26)12-28-20/h3-8,12-13,21H,9-10,14H2,1-2H3/t21-,24+/m0/s1. The Morgan fingerprint density at radius 2 is 1.97 bits per heavy atom. The molecule has 0 spiro atoms. The molecule has 1 aliphatic rings. The van der Waals surface area contributed by atoms with Crippen LogP contribution in [-0.4, -0.2) is 27.3 Å². The normalized spacial score (nSPS) is 19.5. The third-order valence-corrected chi connectivity index (χ3v) is 6.26. The number of Topliss-reactive ketones (excluding diaryl/α,β-unsaturated/α-hetero) is 1. The number of ketones is 1. The Balaban J connectivity index is 1.54. The molecule has 1 fully saturated rings. The largest absolute Gasteiger partial charge is 0.489 e. The lowest BCUT2D eigenvalue weighted by Gasteiger charge is -2.19. The molecule has 6 nitrogen and oxygen atoms in total. The van der Waals surface area contributed by atoms with Crippen LogP contribution in [0, 0.1) is 31.1 Å². The highest BCUT2D eigenvalue weighted by Gasteiger charge is 2.59. The van der Waals surface area contributed by atoms with Gasteiger partial charge < -0.3 is 4.74 Å². The molecule has 1 saturated carbocycles. The van der Waals surface area contributed by atoms with Crippen molar-refractivity contribution in [3.8, 4) is 11.8 Å². The van der Waals surface area contributed by atoms with Crippen molar-refractivity contribution in [2.75, 3.05) is 6.61 Å². The molecule has 0 unspecified atom stereocenters. The SMILES string of the molecule is Cc1ncc(OC[C@@]2(c3ccc(Br)cc3)C[C@H]2C(=O)Cc2ccc(C#N)cn2)c(C)n1. The third-order valence-electron chi connectivity index (χ3n) is 5.73. The van der Waals surface area contributed by atoms with Crippen LogP contribution in [0.4, 0.5) is 0 Å². The molecule has 2 aromatic heterocycles. The van der Waals surface area contributed by atoms with Crippen LogP contribution < -0.4 is 4.74 Å². The van der Waals surface area contributed by atoms with Crippen molar-refractivity contribution < 1.29 is 9.53 Å². The van der Waals surface area contributed by atoms with E-state index in [-0.39, 0.29) is 23.5 Å². The lowest BCUT2D eigenvalue weighted by molar-refractivity contribution is -0.120. The summed E-state index contributed by atoms with van der Waals surface area (Å²) in [6.07, 6.45) is 4.14. The summed E-state index contributed by atoms with van der Waals surface area (Å²) in [7, 11) is 0. The number of carbonyl (C=O) groups excluding carboxylic acids is 1. The molecule has 31 heavy (non-hydrogen) atoms. The van der Waals surface area contributed by atoms with Crippen molar-refractivity contribution in [3.05, 3.63) is 81.6 Å². The first-order chi connectivity index (χ1) is 14.9. The first-order valence-electron chi connectivity index (χ1n) is 9.98. The number of rotatable bonds is 7. The fraction of sp³-hybridized carbons (Fsp3) is 0.292. The number of hydrogen-bond donors (Lipinski definition) is 0. The van der Waals surface area contributed by atoms with E-state index in [4.69, 9.17) is 10.00 Å². The first kappa shape index (κ1) is 21.1. The average Bonchev–Trinajstić information content (AvgIpc) is 3.50. The van der Waals surface area contributed by atoms with E-state index in [2.05, 4.69) is 30.9 Å². The fourth-order valence-electron chi connectivity index (χ4n) is 3.89. The summed E-state index contributed by atoms with van der Waals surface area (Å²) < 4.78 is 7.11. The highest BCUT2D eigenvalue weighted by atomic mass is 79.9. The van der Waals surface area contributed by atoms with E-state index in [1.54, 1.807) is 18.3 Å². The van der Waals surface area contributed by atoms with Gasteiger partial charge in [-0.05, 0) is 50.1 Å². The van der Waals surface area contributed by atoms with E-state index < -0.39 is 0 Å². The van der Waals surface area contributed by atoms with E-state index in [9.17, 15) is 4.79 Å². The van der Waals surface area contributed by atoms with Crippen LogP contribution in [0.15, 0.2) is 53.3 Å². The summed E-state index contributed by atoms with van der Waals surface area (Å²) in [4.78, 5) is 26.0. The number of nitriles is 1. The second-order valence-corrected chi connectivity index (χ2v) is 8.78. The second kappa shape index (κ2) is 8.56. The summed E-state index contributed by atoms with van der Waals surface area (Å²) in [5.74, 6) is 1.30. The molecular weight excluding hydrogens is 456 g/mol. The minimum Gasteiger partial charge on any atom is -0.489 e. The highest BCUT2D eigenvalue weighted by Crippen LogP contribution is 2.55. The summed E-state index contributed by atoms with van der Waals surface area (Å²) in [6, 6.07) is 13.5. The van der Waals surface area contributed by atoms with Gasteiger partial charge in [-0.15, -0.1) is 0 Å². The number of ether oxygens (including phenoxy) is 1. The van der Waals surface area contributed by atoms with E-state index in [1.165, 1.54) is 6.20 Å². The molecule has 156 valence electrons. The quantitative estimate of drug-likeness (QED) is 0.505. The van der Waals surface area contributed by atoms with Crippen LogP contribution in [0.5, 0.6) is 5.75 Å². The molecule has 0 N–H and O–H groups in total. The molecule has 1 aliphatic carbocycles. The third kappa shape index (κ3) is 4.49. The zero-order valence-electron chi connectivity index (χ0n) is 17.3. The zero-order chi connectivity index (χ0) is 22.0. The Morgan fingerprint density at radius 3 is 2.61 bits per heavy atom. The Bertz CT molecular complexity index is 1160. The second-order valence-electron chi connectivity index (χ2n) is 7.87. The van der Waals surface area contributed by atoms with Crippen molar-refractivity contribution in [2.45, 2.75) is 32.1 Å². The Kier molecular flexibility index (Phi) is 5.84. The smallest absolute Gasteiger partial charge is 0.158 e. The minimum absolute atomic E-state index is 0.126. The molecule has 0 amide bonds. The van der Waals surface area contributed by atoms with Gasteiger partial charge in [-0.25, -0.2) is 9.97 Å². The molecule has 1 aromatic carbocycles. The Hall–Kier alpha value is -3.11. The van der Waals surface area contributed by atoms with Gasteiger partial charge in [0.15, 0.2) is 5.75 Å². The van der Waals surface area contributed by atoms with Gasteiger partial charge in [0.2, 0.25) is 0 Å². The van der Waals surface area contributed by atoms with Crippen molar-refractivity contribution in [1.82, 2.24) is 15.0 Å². The molecule has 0 saturated heterocycles. The van der Waals surface area contributed by atoms with Crippen molar-refractivity contribution in [1.29, 1.82) is 5.26 Å². The van der Waals surface area contributed by atoms with Gasteiger partial charge in [-0.1, -0.05) is 28.1 Å². The number of carbonyl (C=O) groups is 1. The van der Waals surface area contributed by atoms with Gasteiger partial charge in [0, 0.05) is 34.1 Å². The van der Waals surface area contributed by atoms with Crippen molar-refractivity contribution in [2.24, 2.45) is 5.92 Å². The van der Waals surface area contributed by atoms with Gasteiger partial charge in [-0.2, -0.15) is 5.26 Å². The maximum atomic E-state index is 13.1. The summed E-state index contributed by atoms with van der Waals surface area (Å²) in [5, 5.41) is 8.93. The Labute approximate surface area is 189 Å². The molecule has 4 rings (SSSR count). The topological polar surface area (TPSA) is 88.8 Å². The van der Waals surface area contributed by atoms with Crippen LogP contribution in [0.25, 0.3) is 0 Å². The van der Waals surface area contributed by atoms with E-state index in [0.717, 1.165) is 22.2 Å². The molecular formula is C24H21BrN4O2. The van der Waals surface area contributed by atoms with Crippen molar-refractivity contribution >= 4 is 21.7 Å². The van der Waals surface area contributed by atoms with Crippen molar-refractivity contribution in [3.63, 3.8) is 0 Å². The number of benzene rings is 1. The van der Waals surface area contributed by atoms with Gasteiger partial charge in [0.05, 0.1) is 24.1 Å². The molecule has 2 atom stereocenters.